The summed E-state index contributed by atoms with van der Waals surface area (Å²) >= 11 is 0. The molecule has 0 amide bonds. The number of nitrogens with zero attached hydrogens (tertiary/aromatic N) is 1. The van der Waals surface area contributed by atoms with Gasteiger partial charge < -0.3 is 19.9 Å². The quantitative estimate of drug-likeness (QED) is 0.691. The molecule has 0 bridgehead atoms. The third-order valence-electron chi connectivity index (χ3n) is 3.58. The smallest absolute Gasteiger partial charge is 0.307 e. The largest absolute Gasteiger partial charge is 0.508 e. The fourth-order valence-corrected chi connectivity index (χ4v) is 2.59. The van der Waals surface area contributed by atoms with Crippen LogP contribution in [0.2, 0.25) is 0 Å². The number of hydrogen-bond donors (Lipinski definition) is 3. The van der Waals surface area contributed by atoms with Crippen LogP contribution in [0.1, 0.15) is 11.1 Å². The lowest BCUT2D eigenvalue weighted by molar-refractivity contribution is -0.136. The number of carboxylic acid groups (broad SMARTS) is 1. The van der Waals surface area contributed by atoms with E-state index in [1.807, 2.05) is 4.57 Å². The molecule has 0 aliphatic heterocycles. The van der Waals surface area contributed by atoms with Gasteiger partial charge in [0.25, 0.3) is 0 Å². The van der Waals surface area contributed by atoms with E-state index in [2.05, 4.69) is 0 Å². The van der Waals surface area contributed by atoms with Crippen LogP contribution in [0.15, 0.2) is 48.7 Å². The summed E-state index contributed by atoms with van der Waals surface area (Å²) in [6.07, 6.45) is 1.73. The number of fused-ring (bicyclic) bond motifs is 1. The molecule has 0 fully saturated rings. The van der Waals surface area contributed by atoms with Gasteiger partial charge in [-0.1, -0.05) is 12.1 Å². The Bertz CT molecular complexity index is 834. The van der Waals surface area contributed by atoms with Gasteiger partial charge in [0.2, 0.25) is 0 Å². The molecule has 5 nitrogen and oxygen atoms in total. The highest BCUT2D eigenvalue weighted by Gasteiger charge is 2.12. The van der Waals surface area contributed by atoms with E-state index in [1.165, 1.54) is 0 Å². The molecule has 0 saturated heterocycles. The molecule has 0 spiro atoms. The molecule has 3 N–H and O–H groups in total. The highest BCUT2D eigenvalue weighted by molar-refractivity contribution is 5.88. The first kappa shape index (κ1) is 14.0. The topological polar surface area (TPSA) is 82.7 Å². The van der Waals surface area contributed by atoms with Gasteiger partial charge in [0.15, 0.2) is 0 Å². The van der Waals surface area contributed by atoms with Gasteiger partial charge in [-0.25, -0.2) is 0 Å². The average Bonchev–Trinajstić information content (AvgIpc) is 2.78. The summed E-state index contributed by atoms with van der Waals surface area (Å²) in [6.45, 7) is 0.528. The predicted molar refractivity (Wildman–Crippen MR) is 82.2 cm³/mol. The molecule has 5 heteroatoms. The van der Waals surface area contributed by atoms with Crippen LogP contribution in [0, 0.1) is 0 Å². The van der Waals surface area contributed by atoms with Crippen LogP contribution in [-0.2, 0) is 17.8 Å². The van der Waals surface area contributed by atoms with Crippen LogP contribution in [0.3, 0.4) is 0 Å². The lowest BCUT2D eigenvalue weighted by Crippen LogP contribution is -2.00. The van der Waals surface area contributed by atoms with Crippen LogP contribution in [-0.4, -0.2) is 25.9 Å². The Morgan fingerprint density at radius 3 is 2.36 bits per heavy atom. The van der Waals surface area contributed by atoms with Crippen molar-refractivity contribution in [3.63, 3.8) is 0 Å². The molecule has 3 aromatic rings. The summed E-state index contributed by atoms with van der Waals surface area (Å²) in [7, 11) is 0. The first-order valence-electron chi connectivity index (χ1n) is 6.83. The Balaban J connectivity index is 2.05. The predicted octanol–water partition coefficient (Wildman–Crippen LogP) is 2.73. The molecule has 0 aliphatic carbocycles. The molecule has 3 rings (SSSR count). The van der Waals surface area contributed by atoms with Gasteiger partial charge in [-0.3, -0.25) is 4.79 Å². The van der Waals surface area contributed by atoms with Gasteiger partial charge in [-0.2, -0.15) is 0 Å². The highest BCUT2D eigenvalue weighted by Crippen LogP contribution is 2.26. The van der Waals surface area contributed by atoms with Crippen molar-refractivity contribution in [3.8, 4) is 11.5 Å². The normalized spacial score (nSPS) is 10.9. The minimum Gasteiger partial charge on any atom is -0.508 e. The molecule has 1 aromatic heterocycles. The maximum atomic E-state index is 11.0. The first-order chi connectivity index (χ1) is 10.5. The summed E-state index contributed by atoms with van der Waals surface area (Å²) in [6, 6.07) is 11.7. The Hall–Kier alpha value is -2.95. The van der Waals surface area contributed by atoms with Crippen LogP contribution >= 0.6 is 0 Å². The van der Waals surface area contributed by atoms with Crippen LogP contribution < -0.4 is 0 Å². The molecule has 22 heavy (non-hydrogen) atoms. The second-order valence-electron chi connectivity index (χ2n) is 5.22. The lowest BCUT2D eigenvalue weighted by Gasteiger charge is -2.06. The highest BCUT2D eigenvalue weighted by atomic mass is 16.4. The third-order valence-corrected chi connectivity index (χ3v) is 3.58. The molecular weight excluding hydrogens is 282 g/mol. The second kappa shape index (κ2) is 5.44. The van der Waals surface area contributed by atoms with E-state index in [1.54, 1.807) is 48.7 Å². The Kier molecular flexibility index (Phi) is 3.47. The zero-order valence-electron chi connectivity index (χ0n) is 11.7. The van der Waals surface area contributed by atoms with Gasteiger partial charge >= 0.3 is 5.97 Å². The van der Waals surface area contributed by atoms with E-state index in [4.69, 9.17) is 5.11 Å². The van der Waals surface area contributed by atoms with Crippen molar-refractivity contribution in [1.82, 2.24) is 4.57 Å². The van der Waals surface area contributed by atoms with Crippen LogP contribution in [0.4, 0.5) is 0 Å². The zero-order chi connectivity index (χ0) is 15.7. The van der Waals surface area contributed by atoms with Crippen molar-refractivity contribution < 1.29 is 20.1 Å². The van der Waals surface area contributed by atoms with Crippen molar-refractivity contribution in [2.24, 2.45) is 0 Å². The van der Waals surface area contributed by atoms with E-state index in [-0.39, 0.29) is 17.9 Å². The lowest BCUT2D eigenvalue weighted by atomic mass is 10.1. The average molecular weight is 297 g/mol. The van der Waals surface area contributed by atoms with Gasteiger partial charge in [-0.05, 0) is 35.4 Å². The Morgan fingerprint density at radius 2 is 1.68 bits per heavy atom. The number of rotatable bonds is 4. The number of phenolic OH excluding ortho intramolecular Hbond substituents is 2. The fraction of sp³-hybridized carbons (Fsp3) is 0.118. The number of carboxylic acids is 1. The molecule has 0 atom stereocenters. The maximum Gasteiger partial charge on any atom is 0.307 e. The zero-order valence-corrected chi connectivity index (χ0v) is 11.7. The molecule has 2 aromatic carbocycles. The fourth-order valence-electron chi connectivity index (χ4n) is 2.59. The number of hydrogen-bond acceptors (Lipinski definition) is 3. The number of phenols is 2. The number of benzene rings is 2. The second-order valence-corrected chi connectivity index (χ2v) is 5.22. The van der Waals surface area contributed by atoms with E-state index >= 15 is 0 Å². The Morgan fingerprint density at radius 1 is 1.00 bits per heavy atom. The standard InChI is InChI=1S/C17H15NO4/c19-13-3-1-11(2-4-13)9-18-10-12(7-17(21)22)15-6-5-14(20)8-16(15)18/h1-6,8,10,19-20H,7,9H2,(H,21,22). The molecule has 0 radical (unpaired) electrons. The van der Waals surface area contributed by atoms with Crippen LogP contribution in [0.5, 0.6) is 11.5 Å². The number of aromatic hydroxyl groups is 2. The summed E-state index contributed by atoms with van der Waals surface area (Å²) in [4.78, 5) is 11.0. The van der Waals surface area contributed by atoms with Crippen molar-refractivity contribution >= 4 is 16.9 Å². The summed E-state index contributed by atoms with van der Waals surface area (Å²) < 4.78 is 1.90. The van der Waals surface area contributed by atoms with Gasteiger partial charge in [0.05, 0.1) is 11.9 Å². The minimum absolute atomic E-state index is 0.0656. The number of carbonyl (C=O) groups is 1. The van der Waals surface area contributed by atoms with E-state index in [9.17, 15) is 15.0 Å². The van der Waals surface area contributed by atoms with E-state index < -0.39 is 5.97 Å². The maximum absolute atomic E-state index is 11.0. The molecule has 0 unspecified atom stereocenters. The molecule has 1 heterocycles. The van der Waals surface area contributed by atoms with Crippen molar-refractivity contribution in [2.45, 2.75) is 13.0 Å². The molecule has 112 valence electrons. The first-order valence-corrected chi connectivity index (χ1v) is 6.83. The SMILES string of the molecule is O=C(O)Cc1cn(Cc2ccc(O)cc2)c2cc(O)ccc12. The Labute approximate surface area is 126 Å². The van der Waals surface area contributed by atoms with Gasteiger partial charge in [0, 0.05) is 24.2 Å². The van der Waals surface area contributed by atoms with E-state index in [0.717, 1.165) is 16.5 Å². The molecule has 0 aliphatic rings. The minimum atomic E-state index is -0.892. The monoisotopic (exact) mass is 297 g/mol. The van der Waals surface area contributed by atoms with Crippen molar-refractivity contribution in [3.05, 3.63) is 59.8 Å². The summed E-state index contributed by atoms with van der Waals surface area (Å²) in [5, 5.41) is 28.9. The molecular formula is C17H15NO4. The van der Waals surface area contributed by atoms with Crippen molar-refractivity contribution in [1.29, 1.82) is 0 Å². The van der Waals surface area contributed by atoms with Gasteiger partial charge in [0.1, 0.15) is 11.5 Å². The molecule has 0 saturated carbocycles. The third kappa shape index (κ3) is 2.74. The van der Waals surface area contributed by atoms with Crippen LogP contribution in [0.25, 0.3) is 10.9 Å². The summed E-state index contributed by atoms with van der Waals surface area (Å²) in [5.74, 6) is -0.554. The summed E-state index contributed by atoms with van der Waals surface area (Å²) in [5.41, 5.74) is 2.46. The number of aliphatic carboxylic acids is 1. The van der Waals surface area contributed by atoms with Gasteiger partial charge in [-0.15, -0.1) is 0 Å². The number of aromatic nitrogens is 1. The van der Waals surface area contributed by atoms with E-state index in [0.29, 0.717) is 12.1 Å². The van der Waals surface area contributed by atoms with Crippen molar-refractivity contribution in [2.75, 3.05) is 0 Å².